The maximum atomic E-state index is 12.0. The number of nitrogens with one attached hydrogen (secondary N) is 1. The van der Waals surface area contributed by atoms with E-state index >= 15 is 0 Å². The molecule has 0 radical (unpaired) electrons. The zero-order valence-electron chi connectivity index (χ0n) is 11.8. The number of ether oxygens (including phenoxy) is 1. The molecule has 0 aromatic heterocycles. The van der Waals surface area contributed by atoms with Crippen molar-refractivity contribution in [2.24, 2.45) is 17.6 Å². The second kappa shape index (κ2) is 6.85. The number of carbonyl (C=O) groups excluding carboxylic acids is 1. The molecule has 1 atom stereocenters. The first-order chi connectivity index (χ1) is 9.40. The molecule has 7 nitrogen and oxygen atoms in total. The SMILES string of the molecule is COc1ccc(NC(=O)C(CN)C(C)C)cc1[N+](=O)[O-]. The molecule has 0 fully saturated rings. The van der Waals surface area contributed by atoms with Crippen molar-refractivity contribution in [2.45, 2.75) is 13.8 Å². The standard InChI is InChI=1S/C13H19N3O4/c1-8(2)10(7-14)13(17)15-9-4-5-12(20-3)11(6-9)16(18)19/h4-6,8,10H,7,14H2,1-3H3,(H,15,17). The van der Waals surface area contributed by atoms with E-state index in [1.807, 2.05) is 13.8 Å². The quantitative estimate of drug-likeness (QED) is 0.610. The fraction of sp³-hybridized carbons (Fsp3) is 0.462. The first kappa shape index (κ1) is 15.9. The van der Waals surface area contributed by atoms with Crippen molar-refractivity contribution >= 4 is 17.3 Å². The summed E-state index contributed by atoms with van der Waals surface area (Å²) in [4.78, 5) is 22.4. The molecule has 1 aromatic rings. The number of nitro groups is 1. The molecule has 0 saturated heterocycles. The highest BCUT2D eigenvalue weighted by atomic mass is 16.6. The average Bonchev–Trinajstić information content (AvgIpc) is 2.38. The number of hydrogen-bond acceptors (Lipinski definition) is 5. The summed E-state index contributed by atoms with van der Waals surface area (Å²) in [5, 5.41) is 13.6. The minimum absolute atomic E-state index is 0.0910. The van der Waals surface area contributed by atoms with Gasteiger partial charge in [-0.2, -0.15) is 0 Å². The number of methoxy groups -OCH3 is 1. The molecule has 0 saturated carbocycles. The van der Waals surface area contributed by atoms with Gasteiger partial charge in [0.05, 0.1) is 18.0 Å². The summed E-state index contributed by atoms with van der Waals surface area (Å²) < 4.78 is 4.90. The Morgan fingerprint density at radius 3 is 2.60 bits per heavy atom. The van der Waals surface area contributed by atoms with E-state index in [0.717, 1.165) is 0 Å². The molecule has 20 heavy (non-hydrogen) atoms. The molecule has 1 unspecified atom stereocenters. The molecular weight excluding hydrogens is 262 g/mol. The summed E-state index contributed by atoms with van der Waals surface area (Å²) in [6, 6.07) is 4.27. The molecule has 0 aliphatic carbocycles. The summed E-state index contributed by atoms with van der Waals surface area (Å²) in [7, 11) is 1.35. The van der Waals surface area contributed by atoms with Crippen molar-refractivity contribution in [1.82, 2.24) is 0 Å². The van der Waals surface area contributed by atoms with Gasteiger partial charge in [0, 0.05) is 18.3 Å². The Kier molecular flexibility index (Phi) is 5.45. The molecule has 7 heteroatoms. The smallest absolute Gasteiger partial charge is 0.312 e. The number of nitro benzene ring substituents is 1. The lowest BCUT2D eigenvalue weighted by molar-refractivity contribution is -0.385. The van der Waals surface area contributed by atoms with Gasteiger partial charge in [-0.15, -0.1) is 0 Å². The van der Waals surface area contributed by atoms with Gasteiger partial charge >= 0.3 is 5.69 Å². The molecule has 3 N–H and O–H groups in total. The van der Waals surface area contributed by atoms with Crippen LogP contribution in [-0.2, 0) is 4.79 Å². The first-order valence-electron chi connectivity index (χ1n) is 6.24. The monoisotopic (exact) mass is 281 g/mol. The van der Waals surface area contributed by atoms with Gasteiger partial charge < -0.3 is 15.8 Å². The minimum Gasteiger partial charge on any atom is -0.490 e. The van der Waals surface area contributed by atoms with Crippen LogP contribution in [0.1, 0.15) is 13.8 Å². The fourth-order valence-electron chi connectivity index (χ4n) is 1.83. The number of rotatable bonds is 6. The summed E-state index contributed by atoms with van der Waals surface area (Å²) in [5.41, 5.74) is 5.72. The van der Waals surface area contributed by atoms with Crippen LogP contribution in [0.15, 0.2) is 18.2 Å². The summed E-state index contributed by atoms with van der Waals surface area (Å²) in [6.45, 7) is 4.02. The van der Waals surface area contributed by atoms with Gasteiger partial charge in [-0.25, -0.2) is 0 Å². The second-order valence-electron chi connectivity index (χ2n) is 4.72. The maximum absolute atomic E-state index is 12.0. The molecule has 1 rings (SSSR count). The van der Waals surface area contributed by atoms with Crippen molar-refractivity contribution in [3.05, 3.63) is 28.3 Å². The fourth-order valence-corrected chi connectivity index (χ4v) is 1.83. The van der Waals surface area contributed by atoms with Crippen molar-refractivity contribution in [1.29, 1.82) is 0 Å². The molecule has 1 amide bonds. The lowest BCUT2D eigenvalue weighted by atomic mass is 9.95. The molecule has 0 aliphatic rings. The number of nitrogens with zero attached hydrogens (tertiary/aromatic N) is 1. The van der Waals surface area contributed by atoms with E-state index in [-0.39, 0.29) is 35.7 Å². The van der Waals surface area contributed by atoms with E-state index in [1.54, 1.807) is 6.07 Å². The van der Waals surface area contributed by atoms with E-state index in [2.05, 4.69) is 5.32 Å². The zero-order valence-corrected chi connectivity index (χ0v) is 11.8. The van der Waals surface area contributed by atoms with E-state index in [1.165, 1.54) is 19.2 Å². The summed E-state index contributed by atoms with van der Waals surface area (Å²) >= 11 is 0. The van der Waals surface area contributed by atoms with Crippen molar-refractivity contribution in [3.8, 4) is 5.75 Å². The van der Waals surface area contributed by atoms with Crippen LogP contribution in [0.4, 0.5) is 11.4 Å². The normalized spacial score (nSPS) is 12.1. The van der Waals surface area contributed by atoms with Crippen LogP contribution in [0.3, 0.4) is 0 Å². The summed E-state index contributed by atoms with van der Waals surface area (Å²) in [6.07, 6.45) is 0. The van der Waals surface area contributed by atoms with Crippen LogP contribution in [0.25, 0.3) is 0 Å². The number of benzene rings is 1. The van der Waals surface area contributed by atoms with E-state index < -0.39 is 4.92 Å². The topological polar surface area (TPSA) is 107 Å². The van der Waals surface area contributed by atoms with Crippen LogP contribution >= 0.6 is 0 Å². The lowest BCUT2D eigenvalue weighted by Crippen LogP contribution is -2.33. The molecular formula is C13H19N3O4. The number of hydrogen-bond donors (Lipinski definition) is 2. The van der Waals surface area contributed by atoms with Crippen molar-refractivity contribution in [2.75, 3.05) is 19.0 Å². The highest BCUT2D eigenvalue weighted by Gasteiger charge is 2.22. The Morgan fingerprint density at radius 2 is 2.15 bits per heavy atom. The Bertz CT molecular complexity index is 502. The Balaban J connectivity index is 2.96. The molecule has 0 aliphatic heterocycles. The van der Waals surface area contributed by atoms with Crippen molar-refractivity contribution < 1.29 is 14.5 Å². The third kappa shape index (κ3) is 3.67. The highest BCUT2D eigenvalue weighted by molar-refractivity contribution is 5.93. The molecule has 0 bridgehead atoms. The predicted molar refractivity (Wildman–Crippen MR) is 75.7 cm³/mol. The van der Waals surface area contributed by atoms with Gasteiger partial charge in [0.25, 0.3) is 0 Å². The van der Waals surface area contributed by atoms with Crippen LogP contribution in [0.5, 0.6) is 5.75 Å². The number of nitrogens with two attached hydrogens (primary N) is 1. The highest BCUT2D eigenvalue weighted by Crippen LogP contribution is 2.30. The largest absolute Gasteiger partial charge is 0.490 e. The van der Waals surface area contributed by atoms with Gasteiger partial charge in [-0.1, -0.05) is 13.8 Å². The van der Waals surface area contributed by atoms with Gasteiger partial charge in [0.15, 0.2) is 5.75 Å². The van der Waals surface area contributed by atoms with Gasteiger partial charge in [0.1, 0.15) is 0 Å². The van der Waals surface area contributed by atoms with Crippen LogP contribution < -0.4 is 15.8 Å². The number of amides is 1. The molecule has 0 spiro atoms. The minimum atomic E-state index is -0.558. The molecule has 1 aromatic carbocycles. The Morgan fingerprint density at radius 1 is 1.50 bits per heavy atom. The van der Waals surface area contributed by atoms with Crippen LogP contribution in [-0.4, -0.2) is 24.5 Å². The lowest BCUT2D eigenvalue weighted by Gasteiger charge is -2.18. The average molecular weight is 281 g/mol. The first-order valence-corrected chi connectivity index (χ1v) is 6.24. The number of anilines is 1. The molecule has 0 heterocycles. The third-order valence-electron chi connectivity index (χ3n) is 3.04. The van der Waals surface area contributed by atoms with Gasteiger partial charge in [-0.05, 0) is 18.1 Å². The van der Waals surface area contributed by atoms with Crippen molar-refractivity contribution in [3.63, 3.8) is 0 Å². The van der Waals surface area contributed by atoms with Gasteiger partial charge in [-0.3, -0.25) is 14.9 Å². The van der Waals surface area contributed by atoms with Gasteiger partial charge in [0.2, 0.25) is 5.91 Å². The Labute approximate surface area is 117 Å². The Hall–Kier alpha value is -2.15. The maximum Gasteiger partial charge on any atom is 0.312 e. The van der Waals surface area contributed by atoms with Crippen LogP contribution in [0.2, 0.25) is 0 Å². The van der Waals surface area contributed by atoms with E-state index in [4.69, 9.17) is 10.5 Å². The summed E-state index contributed by atoms with van der Waals surface area (Å²) in [5.74, 6) is -0.349. The number of carbonyl (C=O) groups is 1. The van der Waals surface area contributed by atoms with E-state index in [0.29, 0.717) is 5.69 Å². The second-order valence-corrected chi connectivity index (χ2v) is 4.72. The third-order valence-corrected chi connectivity index (χ3v) is 3.04. The van der Waals surface area contributed by atoms with E-state index in [9.17, 15) is 14.9 Å². The predicted octanol–water partition coefficient (Wildman–Crippen LogP) is 1.77. The zero-order chi connectivity index (χ0) is 15.3. The molecule has 110 valence electrons. The van der Waals surface area contributed by atoms with Crippen LogP contribution in [0, 0.1) is 22.0 Å².